The molecule has 6 heteroatoms. The Morgan fingerprint density at radius 1 is 1.19 bits per heavy atom. The van der Waals surface area contributed by atoms with Crippen LogP contribution < -0.4 is 4.90 Å². The summed E-state index contributed by atoms with van der Waals surface area (Å²) in [7, 11) is 0. The molecule has 0 unspecified atom stereocenters. The molecule has 2 aromatic rings. The number of benzene rings is 2. The van der Waals surface area contributed by atoms with Crippen LogP contribution in [0.3, 0.4) is 0 Å². The van der Waals surface area contributed by atoms with Gasteiger partial charge in [0.2, 0.25) is 5.91 Å². The average molecular weight is 305 g/mol. The van der Waals surface area contributed by atoms with Crippen molar-refractivity contribution in [1.29, 1.82) is 0 Å². The number of carbonyl (C=O) groups is 1. The molecule has 0 fully saturated rings. The number of nitro benzene ring substituents is 1. The molecule has 0 radical (unpaired) electrons. The Morgan fingerprint density at radius 2 is 1.81 bits per heavy atom. The maximum Gasteiger partial charge on any atom is 0.292 e. The molecule has 1 amide bonds. The number of rotatable bonds is 4. The molecule has 21 heavy (non-hydrogen) atoms. The van der Waals surface area contributed by atoms with E-state index in [0.29, 0.717) is 5.02 Å². The fourth-order valence-corrected chi connectivity index (χ4v) is 2.11. The first-order valence-corrected chi connectivity index (χ1v) is 6.63. The molecule has 2 rings (SSSR count). The molecule has 0 aromatic heterocycles. The molecule has 5 nitrogen and oxygen atoms in total. The van der Waals surface area contributed by atoms with Crippen LogP contribution in [-0.2, 0) is 11.3 Å². The second-order valence-corrected chi connectivity index (χ2v) is 4.91. The van der Waals surface area contributed by atoms with Crippen molar-refractivity contribution in [3.05, 3.63) is 69.2 Å². The number of nitro groups is 1. The van der Waals surface area contributed by atoms with Gasteiger partial charge >= 0.3 is 0 Å². The second-order valence-electron chi connectivity index (χ2n) is 4.48. The van der Waals surface area contributed by atoms with Crippen LogP contribution in [-0.4, -0.2) is 10.8 Å². The predicted molar refractivity (Wildman–Crippen MR) is 81.4 cm³/mol. The highest BCUT2D eigenvalue weighted by molar-refractivity contribution is 6.30. The highest BCUT2D eigenvalue weighted by Gasteiger charge is 2.21. The van der Waals surface area contributed by atoms with Gasteiger partial charge in [-0.05, 0) is 23.8 Å². The van der Waals surface area contributed by atoms with E-state index < -0.39 is 4.92 Å². The van der Waals surface area contributed by atoms with Crippen LogP contribution in [0.25, 0.3) is 0 Å². The van der Waals surface area contributed by atoms with Gasteiger partial charge in [-0.2, -0.15) is 0 Å². The van der Waals surface area contributed by atoms with Crippen molar-refractivity contribution in [2.75, 3.05) is 4.90 Å². The second kappa shape index (κ2) is 6.37. The van der Waals surface area contributed by atoms with Gasteiger partial charge in [-0.15, -0.1) is 0 Å². The van der Waals surface area contributed by atoms with E-state index in [0.717, 1.165) is 5.56 Å². The fourth-order valence-electron chi connectivity index (χ4n) is 1.99. The van der Waals surface area contributed by atoms with Gasteiger partial charge in [-0.3, -0.25) is 14.9 Å². The van der Waals surface area contributed by atoms with Crippen LogP contribution in [0.5, 0.6) is 0 Å². The number of halogens is 1. The Kier molecular flexibility index (Phi) is 4.55. The average Bonchev–Trinajstić information content (AvgIpc) is 2.46. The summed E-state index contributed by atoms with van der Waals surface area (Å²) in [4.78, 5) is 23.8. The van der Waals surface area contributed by atoms with Gasteiger partial charge in [0.1, 0.15) is 5.69 Å². The smallest absolute Gasteiger partial charge is 0.292 e. The zero-order chi connectivity index (χ0) is 15.4. The molecule has 0 atom stereocenters. The molecular weight excluding hydrogens is 292 g/mol. The Labute approximate surface area is 126 Å². The van der Waals surface area contributed by atoms with Crippen molar-refractivity contribution < 1.29 is 9.72 Å². The molecule has 0 aliphatic carbocycles. The summed E-state index contributed by atoms with van der Waals surface area (Å²) < 4.78 is 0. The van der Waals surface area contributed by atoms with Crippen molar-refractivity contribution in [1.82, 2.24) is 0 Å². The number of nitrogens with zero attached hydrogens (tertiary/aromatic N) is 2. The topological polar surface area (TPSA) is 63.5 Å². The summed E-state index contributed by atoms with van der Waals surface area (Å²) in [6.07, 6.45) is 0. The van der Waals surface area contributed by atoms with Crippen LogP contribution >= 0.6 is 11.6 Å². The van der Waals surface area contributed by atoms with Crippen LogP contribution in [0.4, 0.5) is 11.4 Å². The van der Waals surface area contributed by atoms with E-state index in [-0.39, 0.29) is 23.8 Å². The van der Waals surface area contributed by atoms with Crippen LogP contribution in [0.2, 0.25) is 5.02 Å². The first-order valence-electron chi connectivity index (χ1n) is 6.25. The molecule has 0 spiro atoms. The summed E-state index contributed by atoms with van der Waals surface area (Å²) in [6, 6.07) is 13.2. The molecule has 0 saturated carbocycles. The van der Waals surface area contributed by atoms with E-state index in [1.165, 1.54) is 17.9 Å². The number of anilines is 1. The molecule has 0 bridgehead atoms. The van der Waals surface area contributed by atoms with E-state index in [1.807, 2.05) is 0 Å². The normalized spacial score (nSPS) is 10.2. The highest BCUT2D eigenvalue weighted by Crippen LogP contribution is 2.29. The molecule has 0 saturated heterocycles. The molecule has 108 valence electrons. The van der Waals surface area contributed by atoms with Crippen molar-refractivity contribution in [2.24, 2.45) is 0 Å². The molecule has 0 aliphatic rings. The zero-order valence-corrected chi connectivity index (χ0v) is 12.1. The lowest BCUT2D eigenvalue weighted by Gasteiger charge is -2.21. The van der Waals surface area contributed by atoms with Gasteiger partial charge in [0.25, 0.3) is 5.69 Å². The Hall–Kier alpha value is -2.40. The third kappa shape index (κ3) is 3.58. The number of carbonyl (C=O) groups excluding carboxylic acids is 1. The molecule has 0 aliphatic heterocycles. The van der Waals surface area contributed by atoms with Crippen molar-refractivity contribution >= 4 is 28.9 Å². The summed E-state index contributed by atoms with van der Waals surface area (Å²) in [5.41, 5.74) is 1.03. The molecule has 0 N–H and O–H groups in total. The van der Waals surface area contributed by atoms with Crippen LogP contribution in [0.1, 0.15) is 12.5 Å². The van der Waals surface area contributed by atoms with Gasteiger partial charge in [-0.1, -0.05) is 35.9 Å². The minimum atomic E-state index is -0.493. The summed E-state index contributed by atoms with van der Waals surface area (Å²) in [5.74, 6) is -0.265. The lowest BCUT2D eigenvalue weighted by Crippen LogP contribution is -2.28. The predicted octanol–water partition coefficient (Wildman–Crippen LogP) is 3.80. The monoisotopic (exact) mass is 304 g/mol. The number of para-hydroxylation sites is 2. The van der Waals surface area contributed by atoms with Gasteiger partial charge in [0.05, 0.1) is 11.5 Å². The minimum absolute atomic E-state index is 0.0957. The quantitative estimate of drug-likeness (QED) is 0.637. The van der Waals surface area contributed by atoms with Gasteiger partial charge < -0.3 is 4.90 Å². The van der Waals surface area contributed by atoms with Crippen molar-refractivity contribution in [3.63, 3.8) is 0 Å². The molecule has 2 aromatic carbocycles. The first kappa shape index (κ1) is 15.0. The van der Waals surface area contributed by atoms with Crippen LogP contribution in [0, 0.1) is 10.1 Å². The number of amides is 1. The van der Waals surface area contributed by atoms with Gasteiger partial charge in [-0.25, -0.2) is 0 Å². The van der Waals surface area contributed by atoms with E-state index >= 15 is 0 Å². The van der Waals surface area contributed by atoms with Crippen LogP contribution in [0.15, 0.2) is 48.5 Å². The SMILES string of the molecule is CC(=O)N(Cc1ccc(Cl)cc1)c1ccccc1[N+](=O)[O-]. The van der Waals surface area contributed by atoms with Gasteiger partial charge in [0, 0.05) is 18.0 Å². The van der Waals surface area contributed by atoms with Gasteiger partial charge in [0.15, 0.2) is 0 Å². The van der Waals surface area contributed by atoms with E-state index in [9.17, 15) is 14.9 Å². The summed E-state index contributed by atoms with van der Waals surface area (Å²) in [5, 5.41) is 11.7. The van der Waals surface area contributed by atoms with Crippen molar-refractivity contribution in [3.8, 4) is 0 Å². The van der Waals surface area contributed by atoms with E-state index in [4.69, 9.17) is 11.6 Å². The maximum atomic E-state index is 11.9. The third-order valence-electron chi connectivity index (χ3n) is 3.00. The number of hydrogen-bond donors (Lipinski definition) is 0. The fraction of sp³-hybridized carbons (Fsp3) is 0.133. The minimum Gasteiger partial charge on any atom is -0.302 e. The Balaban J connectivity index is 2.38. The lowest BCUT2D eigenvalue weighted by molar-refractivity contribution is -0.384. The standard InChI is InChI=1S/C15H13ClN2O3/c1-11(19)17(10-12-6-8-13(16)9-7-12)14-4-2-3-5-15(14)18(20)21/h2-9H,10H2,1H3. The number of hydrogen-bond acceptors (Lipinski definition) is 3. The Morgan fingerprint density at radius 3 is 2.38 bits per heavy atom. The molecular formula is C15H13ClN2O3. The largest absolute Gasteiger partial charge is 0.302 e. The Bertz CT molecular complexity index is 671. The first-order chi connectivity index (χ1) is 9.99. The summed E-state index contributed by atoms with van der Waals surface area (Å²) in [6.45, 7) is 1.63. The summed E-state index contributed by atoms with van der Waals surface area (Å²) >= 11 is 5.82. The van der Waals surface area contributed by atoms with E-state index in [1.54, 1.807) is 42.5 Å². The lowest BCUT2D eigenvalue weighted by atomic mass is 10.2. The zero-order valence-electron chi connectivity index (χ0n) is 11.3. The molecule has 0 heterocycles. The van der Waals surface area contributed by atoms with E-state index in [2.05, 4.69) is 0 Å². The highest BCUT2D eigenvalue weighted by atomic mass is 35.5. The van der Waals surface area contributed by atoms with Crippen molar-refractivity contribution in [2.45, 2.75) is 13.5 Å². The maximum absolute atomic E-state index is 11.9. The third-order valence-corrected chi connectivity index (χ3v) is 3.26.